The molecule has 0 aliphatic carbocycles. The highest BCUT2D eigenvalue weighted by Gasteiger charge is 2.30. The van der Waals surface area contributed by atoms with Gasteiger partial charge in [-0.25, -0.2) is 4.85 Å². The lowest BCUT2D eigenvalue weighted by atomic mass is 9.82. The summed E-state index contributed by atoms with van der Waals surface area (Å²) in [6.07, 6.45) is 0. The van der Waals surface area contributed by atoms with Crippen LogP contribution < -0.4 is 19.6 Å². The maximum absolute atomic E-state index is 8.12. The molecule has 0 atom stereocenters. The van der Waals surface area contributed by atoms with E-state index in [4.69, 9.17) is 39.0 Å². The summed E-state index contributed by atoms with van der Waals surface area (Å²) >= 11 is 0. The van der Waals surface area contributed by atoms with Crippen molar-refractivity contribution < 1.29 is 36.7 Å². The van der Waals surface area contributed by atoms with Crippen molar-refractivity contribution in [2.45, 2.75) is 175 Å². The van der Waals surface area contributed by atoms with Crippen LogP contribution in [0.1, 0.15) is 207 Å². The van der Waals surface area contributed by atoms with Gasteiger partial charge in [-0.1, -0.05) is 295 Å². The molecule has 0 saturated heterocycles. The summed E-state index contributed by atoms with van der Waals surface area (Å²) in [7, 11) is 2.50. The van der Waals surface area contributed by atoms with Crippen LogP contribution >= 0.6 is 0 Å². The van der Waals surface area contributed by atoms with Crippen molar-refractivity contribution in [3.05, 3.63) is 353 Å². The van der Waals surface area contributed by atoms with E-state index < -0.39 is 0 Å². The molecule has 0 unspecified atom stereocenters. The first kappa shape index (κ1) is 67.2. The molecule has 0 fully saturated rings. The molecule has 0 radical (unpaired) electrons. The van der Waals surface area contributed by atoms with Gasteiger partial charge in [0, 0.05) is 115 Å². The smallest absolute Gasteiger partial charge is 0.187 e. The van der Waals surface area contributed by atoms with E-state index in [1.807, 2.05) is 33.8 Å². The second-order valence-corrected chi connectivity index (χ2v) is 32.8. The minimum absolute atomic E-state index is 0. The van der Waals surface area contributed by atoms with Gasteiger partial charge in [0.05, 0.1) is 29.3 Å². The van der Waals surface area contributed by atoms with Crippen molar-refractivity contribution in [3.63, 3.8) is 0 Å². The third-order valence-corrected chi connectivity index (χ3v) is 21.3. The SMILES string of the molecule is CC.CC.CC(C)(C)c1ccc2c(N(c3ccccc3)c3ccccc3)c3cc(C(C)(C)C)ccc3c(N(c3ccccc3)c3ccccc3)c2c1.[2HH].[2HH].[2HH].[2H]C.[2H]C.[2H][2H].[2H][2H].[2H][2H].[2H][2H].[2H][2H].[2H][2H].[2H][2H].[2H][2H].[2H][2H].[2H][2H].[C-]#[N+]c1ccc2c(N(c3ccc(C(C)(C)C)cc3)c3ccc(C)c(C)c3)cc3c4ccccc4c(N(c4ccc(C(C)(C)C)cc4)c4ccc(C)c(C)c4)cc3c2c1. The molecule has 15 rings (SSSR count). The molecule has 596 valence electrons. The zero-order chi connectivity index (χ0) is 103. The van der Waals surface area contributed by atoms with E-state index in [9.17, 15) is 0 Å². The fourth-order valence-electron chi connectivity index (χ4n) is 14.9. The van der Waals surface area contributed by atoms with Gasteiger partial charge in [-0.3, -0.25) is 0 Å². The Labute approximate surface area is 709 Å². The Hall–Kier alpha value is -11.7. The van der Waals surface area contributed by atoms with Crippen molar-refractivity contribution in [3.8, 4) is 0 Å². The first-order chi connectivity index (χ1) is 64.7. The number of benzene rings is 15. The molecule has 0 saturated carbocycles. The summed E-state index contributed by atoms with van der Waals surface area (Å²) in [5, 5.41) is 11.6. The van der Waals surface area contributed by atoms with Gasteiger partial charge >= 0.3 is 0 Å². The Kier molecular flexibility index (Phi) is 20.6. The van der Waals surface area contributed by atoms with Crippen LogP contribution in [0.3, 0.4) is 0 Å². The van der Waals surface area contributed by atoms with Gasteiger partial charge in [0.1, 0.15) is 0 Å². The second kappa shape index (κ2) is 34.3. The summed E-state index contributed by atoms with van der Waals surface area (Å²) in [6, 6.07) is 109. The van der Waals surface area contributed by atoms with Crippen LogP contribution in [-0.2, 0) is 21.7 Å². The van der Waals surface area contributed by atoms with Gasteiger partial charge in [-0.15, -0.1) is 0 Å². The first-order valence-corrected chi connectivity index (χ1v) is 39.3. The van der Waals surface area contributed by atoms with Gasteiger partial charge < -0.3 is 19.6 Å². The minimum atomic E-state index is -0.0282. The van der Waals surface area contributed by atoms with Gasteiger partial charge in [-0.05, 0) is 243 Å². The van der Waals surface area contributed by atoms with Crippen molar-refractivity contribution in [1.82, 2.24) is 0 Å². The molecule has 0 bridgehead atoms. The predicted octanol–water partition coefficient (Wildman–Crippen LogP) is 36.5. The molecule has 0 N–H and O–H groups in total. The highest BCUT2D eigenvalue weighted by atomic mass is 15.2. The number of rotatable bonds is 12. The second-order valence-electron chi connectivity index (χ2n) is 32.8. The third-order valence-electron chi connectivity index (χ3n) is 21.3. The van der Waals surface area contributed by atoms with Crippen LogP contribution in [0.4, 0.5) is 73.9 Å². The van der Waals surface area contributed by atoms with Crippen LogP contribution in [0.15, 0.2) is 297 Å². The van der Waals surface area contributed by atoms with Crippen molar-refractivity contribution in [1.29, 1.82) is 0 Å². The van der Waals surface area contributed by atoms with Gasteiger partial charge in [0.15, 0.2) is 5.69 Å². The lowest BCUT2D eigenvalue weighted by Gasteiger charge is -2.34. The summed E-state index contributed by atoms with van der Waals surface area (Å²) in [4.78, 5) is 13.7. The first-order valence-electron chi connectivity index (χ1n) is 51.3. The van der Waals surface area contributed by atoms with E-state index in [1.54, 1.807) is 0 Å². The Balaban J connectivity index is -0.00000102. The molecule has 15 aromatic rings. The predicted molar refractivity (Wildman–Crippen MR) is 523 cm³/mol. The molecule has 15 aromatic carbocycles. The van der Waals surface area contributed by atoms with Crippen LogP contribution in [0.25, 0.3) is 58.7 Å². The Bertz CT molecular complexity index is 5640. The standard InChI is InChI=1S/C55H53N3.C46H44N2.2C2H6.2CH4.13H2/c1-35-16-23-44(30-37(35)3)57(42-25-18-39(19-26-42)54(5,6)7)52-34-51-49-32-41(56-11)22-29-48(49)53(33-50(51)46-14-12-13-15-47(46)52)58(45-24-17-36(2)38(4)31-45)43-27-20-40(21-28-43)55(8,9)10;1-45(2,3)33-27-29-39-41(31-33)43(47(35-19-11-7-12-20-35)36-21-13-8-14-22-36)40-30-28-34(46(4,5)6)32-42(40)44(39)48(37-23-15-9-16-24-37)38-25-17-10-18-26-38;2*1-2;;;;;;;;;;;;;;;/h12-34H,1-10H3;7-32H,1-6H3;2*1-2H3;2*1H4;13*1H/i;;;;2*1D;10*1+1D;3*1+1. The largest absolute Gasteiger partial charge is 0.310 e. The van der Waals surface area contributed by atoms with Gasteiger partial charge in [0.2, 0.25) is 0 Å². The fraction of sp³-hybridized carbons (Fsp3) is 0.243. The molecule has 0 aliphatic rings. The number of fused-ring (bicyclic) bond motifs is 7. The Morgan fingerprint density at radius 2 is 0.536 bits per heavy atom. The molecule has 0 aromatic heterocycles. The minimum Gasteiger partial charge on any atom is -0.310 e. The lowest BCUT2D eigenvalue weighted by Crippen LogP contribution is -2.16. The number of para-hydroxylation sites is 4. The Morgan fingerprint density at radius 1 is 0.259 bits per heavy atom. The molecular formula is C107H143N5. The maximum Gasteiger partial charge on any atom is 0.187 e. The van der Waals surface area contributed by atoms with Crippen LogP contribution in [0.5, 0.6) is 0 Å². The maximum atomic E-state index is 8.12. The highest BCUT2D eigenvalue weighted by molar-refractivity contribution is 6.26. The summed E-state index contributed by atoms with van der Waals surface area (Å²) in [5.74, 6) is 0. The molecule has 112 heavy (non-hydrogen) atoms. The molecule has 5 nitrogen and oxygen atoms in total. The number of aryl methyl sites for hydroxylation is 4. The van der Waals surface area contributed by atoms with Crippen molar-refractivity contribution >= 4 is 128 Å². The lowest BCUT2D eigenvalue weighted by molar-refractivity contribution is 0.590. The molecule has 0 amide bonds. The third kappa shape index (κ3) is 16.9. The van der Waals surface area contributed by atoms with Gasteiger partial charge in [0.25, 0.3) is 0 Å². The fourth-order valence-corrected chi connectivity index (χ4v) is 14.9. The molecule has 0 spiro atoms. The monoisotopic (exact) mass is 1520 g/mol. The van der Waals surface area contributed by atoms with Crippen molar-refractivity contribution in [2.75, 3.05) is 19.6 Å². The van der Waals surface area contributed by atoms with Crippen LogP contribution in [-0.4, -0.2) is 0 Å². The topological polar surface area (TPSA) is 17.3 Å². The zero-order valence-electron chi connectivity index (χ0n) is 92.5. The normalized spacial score (nSPS) is 12.3. The van der Waals surface area contributed by atoms with E-state index in [2.05, 4.69) is 426 Å². The van der Waals surface area contributed by atoms with E-state index in [0.717, 1.165) is 89.2 Å². The quantitative estimate of drug-likeness (QED) is 0.0525. The number of hydrogen-bond acceptors (Lipinski definition) is 4. The highest BCUT2D eigenvalue weighted by Crippen LogP contribution is 2.54. The number of anilines is 12. The van der Waals surface area contributed by atoms with E-state index >= 15 is 0 Å². The molecular weight excluding hydrogens is 1360 g/mol. The molecule has 5 heteroatoms. The number of hydrogen-bond donors (Lipinski definition) is 0. The van der Waals surface area contributed by atoms with Crippen molar-refractivity contribution in [2.24, 2.45) is 0 Å². The van der Waals surface area contributed by atoms with E-state index in [0.29, 0.717) is 5.69 Å². The molecule has 0 aliphatic heterocycles. The average Bonchev–Trinajstić information content (AvgIpc) is 0.723. The summed E-state index contributed by atoms with van der Waals surface area (Å²) in [6.45, 7) is 52.2. The average molecular weight is 1520 g/mol. The van der Waals surface area contributed by atoms with E-state index in [-0.39, 0.29) is 25.9 Å². The van der Waals surface area contributed by atoms with E-state index in [1.165, 1.54) is 92.2 Å². The number of nitrogens with zero attached hydrogens (tertiary/aromatic N) is 5. The zero-order valence-corrected chi connectivity index (χ0v) is 70.5. The molecule has 0 heterocycles. The van der Waals surface area contributed by atoms with Crippen LogP contribution in [0, 0.1) is 34.3 Å². The summed E-state index contributed by atoms with van der Waals surface area (Å²) in [5.41, 5.74) is 24.3. The van der Waals surface area contributed by atoms with Gasteiger partial charge in [-0.2, -0.15) is 0 Å². The summed E-state index contributed by atoms with van der Waals surface area (Å²) < 4.78 is 112. The van der Waals surface area contributed by atoms with Crippen LogP contribution in [0.2, 0.25) is 0 Å². The Morgan fingerprint density at radius 3 is 0.866 bits per heavy atom.